The van der Waals surface area contributed by atoms with Crippen LogP contribution in [-0.4, -0.2) is 33.6 Å². The zero-order valence-corrected chi connectivity index (χ0v) is 12.2. The van der Waals surface area contributed by atoms with Crippen LogP contribution in [0.5, 0.6) is 11.5 Å². The van der Waals surface area contributed by atoms with Crippen LogP contribution in [0.1, 0.15) is 17.3 Å². The summed E-state index contributed by atoms with van der Waals surface area (Å²) in [6.07, 6.45) is 0. The van der Waals surface area contributed by atoms with Crippen molar-refractivity contribution >= 4 is 21.8 Å². The van der Waals surface area contributed by atoms with E-state index in [2.05, 4.69) is 8.92 Å². The Labute approximate surface area is 123 Å². The fourth-order valence-electron chi connectivity index (χ4n) is 1.35. The number of nitrogen functional groups attached to an aromatic ring is 1. The maximum atomic E-state index is 12.3. The zero-order chi connectivity index (χ0) is 17.1. The number of carbonyl (C=O) groups is 1. The van der Waals surface area contributed by atoms with Gasteiger partial charge in [-0.15, -0.1) is 0 Å². The molecule has 0 heterocycles. The van der Waals surface area contributed by atoms with Crippen molar-refractivity contribution in [2.24, 2.45) is 0 Å². The normalized spacial score (nSPS) is 11.9. The van der Waals surface area contributed by atoms with Crippen molar-refractivity contribution in [1.29, 1.82) is 0 Å². The highest BCUT2D eigenvalue weighted by Crippen LogP contribution is 2.36. The second kappa shape index (κ2) is 6.30. The Morgan fingerprint density at radius 1 is 1.27 bits per heavy atom. The maximum absolute atomic E-state index is 12.3. The van der Waals surface area contributed by atoms with E-state index in [0.29, 0.717) is 0 Å². The van der Waals surface area contributed by atoms with Gasteiger partial charge in [-0.25, -0.2) is 4.79 Å². The number of esters is 1. The highest BCUT2D eigenvalue weighted by atomic mass is 32.2. The van der Waals surface area contributed by atoms with Gasteiger partial charge in [-0.3, -0.25) is 0 Å². The zero-order valence-electron chi connectivity index (χ0n) is 11.4. The molecule has 0 aromatic heterocycles. The first-order valence-electron chi connectivity index (χ1n) is 5.68. The van der Waals surface area contributed by atoms with Crippen LogP contribution in [-0.2, 0) is 14.9 Å². The average molecular weight is 343 g/mol. The lowest BCUT2D eigenvalue weighted by atomic mass is 10.1. The van der Waals surface area contributed by atoms with E-state index >= 15 is 0 Å². The summed E-state index contributed by atoms with van der Waals surface area (Å²) < 4.78 is 72.2. The highest BCUT2D eigenvalue weighted by molar-refractivity contribution is 7.88. The number of carbonyl (C=O) groups excluding carboxylic acids is 1. The molecule has 7 nitrogen and oxygen atoms in total. The predicted molar refractivity (Wildman–Crippen MR) is 69.0 cm³/mol. The number of alkyl halides is 3. The molecule has 2 N–H and O–H groups in total. The van der Waals surface area contributed by atoms with Crippen LogP contribution in [0.4, 0.5) is 18.9 Å². The van der Waals surface area contributed by atoms with Crippen LogP contribution in [0.25, 0.3) is 0 Å². The summed E-state index contributed by atoms with van der Waals surface area (Å²) in [5.74, 6) is -2.07. The molecule has 0 aliphatic carbocycles. The molecule has 1 aromatic rings. The summed E-state index contributed by atoms with van der Waals surface area (Å²) in [5, 5.41) is 0. The first-order chi connectivity index (χ1) is 10.0. The van der Waals surface area contributed by atoms with Crippen LogP contribution < -0.4 is 14.7 Å². The van der Waals surface area contributed by atoms with E-state index in [4.69, 9.17) is 10.5 Å². The van der Waals surface area contributed by atoms with Gasteiger partial charge >= 0.3 is 21.6 Å². The second-order valence-corrected chi connectivity index (χ2v) is 5.33. The van der Waals surface area contributed by atoms with Crippen molar-refractivity contribution in [2.75, 3.05) is 19.5 Å². The molecule has 0 atom stereocenters. The number of anilines is 1. The van der Waals surface area contributed by atoms with E-state index in [0.717, 1.165) is 19.2 Å². The van der Waals surface area contributed by atoms with E-state index in [-0.39, 0.29) is 17.9 Å². The third-order valence-electron chi connectivity index (χ3n) is 2.31. The SMILES string of the molecule is CCOC(=O)c1cc(OC)c(OS(=O)(=O)C(F)(F)F)cc1N. The molecule has 1 rings (SSSR count). The average Bonchev–Trinajstić information content (AvgIpc) is 2.37. The Morgan fingerprint density at radius 3 is 2.32 bits per heavy atom. The Morgan fingerprint density at radius 2 is 1.86 bits per heavy atom. The van der Waals surface area contributed by atoms with Crippen molar-refractivity contribution in [2.45, 2.75) is 12.4 Å². The maximum Gasteiger partial charge on any atom is 0.534 e. The largest absolute Gasteiger partial charge is 0.534 e. The monoisotopic (exact) mass is 343 g/mol. The van der Waals surface area contributed by atoms with Gasteiger partial charge in [0, 0.05) is 12.1 Å². The topological polar surface area (TPSA) is 105 Å². The van der Waals surface area contributed by atoms with E-state index in [1.807, 2.05) is 0 Å². The molecule has 0 amide bonds. The second-order valence-electron chi connectivity index (χ2n) is 3.79. The molecule has 22 heavy (non-hydrogen) atoms. The van der Waals surface area contributed by atoms with Crippen LogP contribution in [0.3, 0.4) is 0 Å². The van der Waals surface area contributed by atoms with Crippen molar-refractivity contribution in [3.63, 3.8) is 0 Å². The van der Waals surface area contributed by atoms with Gasteiger partial charge in [0.15, 0.2) is 11.5 Å². The van der Waals surface area contributed by atoms with Gasteiger partial charge in [0.2, 0.25) is 0 Å². The number of hydrogen-bond donors (Lipinski definition) is 1. The first-order valence-corrected chi connectivity index (χ1v) is 7.09. The molecule has 0 fully saturated rings. The Hall–Kier alpha value is -2.17. The molecule has 11 heteroatoms. The number of benzene rings is 1. The summed E-state index contributed by atoms with van der Waals surface area (Å²) in [7, 11) is -4.85. The van der Waals surface area contributed by atoms with Crippen molar-refractivity contribution in [3.05, 3.63) is 17.7 Å². The van der Waals surface area contributed by atoms with Gasteiger partial charge in [0.05, 0.1) is 25.0 Å². The molecule has 0 saturated carbocycles. The third kappa shape index (κ3) is 3.72. The van der Waals surface area contributed by atoms with Gasteiger partial charge in [-0.1, -0.05) is 0 Å². The van der Waals surface area contributed by atoms with Crippen LogP contribution in [0, 0.1) is 0 Å². The Balaban J connectivity index is 3.29. The van der Waals surface area contributed by atoms with Crippen LogP contribution >= 0.6 is 0 Å². The molecule has 0 radical (unpaired) electrons. The molecule has 1 aromatic carbocycles. The Kier molecular flexibility index (Phi) is 5.12. The standard InChI is InChI=1S/C11H12F3NO6S/c1-3-20-10(16)6-4-8(19-2)9(5-7(6)15)21-22(17,18)11(12,13)14/h4-5H,3,15H2,1-2H3. The van der Waals surface area contributed by atoms with Gasteiger partial charge in [0.25, 0.3) is 0 Å². The minimum atomic E-state index is -5.90. The number of halogens is 3. The predicted octanol–water partition coefficient (Wildman–Crippen LogP) is 1.68. The minimum absolute atomic E-state index is 0.0429. The van der Waals surface area contributed by atoms with Crippen molar-refractivity contribution < 1.29 is 40.0 Å². The van der Waals surface area contributed by atoms with Crippen LogP contribution in [0.15, 0.2) is 12.1 Å². The smallest absolute Gasteiger partial charge is 0.493 e. The summed E-state index contributed by atoms with van der Waals surface area (Å²) in [6.45, 7) is 1.58. The Bertz CT molecular complexity index is 671. The first kappa shape index (κ1) is 17.9. The summed E-state index contributed by atoms with van der Waals surface area (Å²) in [4.78, 5) is 11.6. The molecule has 0 bridgehead atoms. The quantitative estimate of drug-likeness (QED) is 0.375. The van der Waals surface area contributed by atoms with Gasteiger partial charge < -0.3 is 19.4 Å². The number of hydrogen-bond acceptors (Lipinski definition) is 7. The number of methoxy groups -OCH3 is 1. The molecule has 0 spiro atoms. The van der Waals surface area contributed by atoms with Crippen LogP contribution in [0.2, 0.25) is 0 Å². The number of rotatable bonds is 5. The van der Waals surface area contributed by atoms with E-state index in [9.17, 15) is 26.4 Å². The molecule has 0 unspecified atom stereocenters. The molecular formula is C11H12F3NO6S. The van der Waals surface area contributed by atoms with E-state index < -0.39 is 33.1 Å². The fourth-order valence-corrected chi connectivity index (χ4v) is 1.81. The van der Waals surface area contributed by atoms with Crippen molar-refractivity contribution in [3.8, 4) is 11.5 Å². The molecule has 0 saturated heterocycles. The molecule has 0 aliphatic heterocycles. The highest BCUT2D eigenvalue weighted by Gasteiger charge is 2.49. The lowest BCUT2D eigenvalue weighted by Crippen LogP contribution is -2.28. The van der Waals surface area contributed by atoms with E-state index in [1.54, 1.807) is 6.92 Å². The third-order valence-corrected chi connectivity index (χ3v) is 3.28. The van der Waals surface area contributed by atoms with Gasteiger partial charge in [-0.05, 0) is 6.92 Å². The summed E-state index contributed by atoms with van der Waals surface area (Å²) >= 11 is 0. The lowest BCUT2D eigenvalue weighted by molar-refractivity contribution is -0.0500. The number of ether oxygens (including phenoxy) is 2. The van der Waals surface area contributed by atoms with Crippen molar-refractivity contribution in [1.82, 2.24) is 0 Å². The number of nitrogens with two attached hydrogens (primary N) is 1. The van der Waals surface area contributed by atoms with E-state index in [1.165, 1.54) is 0 Å². The lowest BCUT2D eigenvalue weighted by Gasteiger charge is -2.14. The molecule has 124 valence electrons. The minimum Gasteiger partial charge on any atom is -0.493 e. The summed E-state index contributed by atoms with van der Waals surface area (Å²) in [6, 6.07) is 1.66. The molecular weight excluding hydrogens is 331 g/mol. The van der Waals surface area contributed by atoms with Gasteiger partial charge in [0.1, 0.15) is 0 Å². The summed E-state index contributed by atoms with van der Waals surface area (Å²) in [5.41, 5.74) is -0.653. The van der Waals surface area contributed by atoms with Gasteiger partial charge in [-0.2, -0.15) is 21.6 Å². The molecule has 0 aliphatic rings. The fraction of sp³-hybridized carbons (Fsp3) is 0.364.